The van der Waals surface area contributed by atoms with Gasteiger partial charge in [0.1, 0.15) is 0 Å². The lowest BCUT2D eigenvalue weighted by molar-refractivity contribution is -0.128. The highest BCUT2D eigenvalue weighted by molar-refractivity contribution is 5.79. The molecule has 2 nitrogen and oxygen atoms in total. The lowest BCUT2D eigenvalue weighted by Crippen LogP contribution is -2.34. The topological polar surface area (TPSA) is 20.3 Å². The predicted molar refractivity (Wildman–Crippen MR) is 58.9 cm³/mol. The number of nitrogens with zero attached hydrogens (tertiary/aromatic N) is 1. The van der Waals surface area contributed by atoms with Crippen molar-refractivity contribution in [3.63, 3.8) is 0 Å². The Labute approximate surface area is 85.6 Å². The molecule has 0 aromatic carbocycles. The van der Waals surface area contributed by atoms with Gasteiger partial charge in [-0.25, -0.2) is 0 Å². The van der Waals surface area contributed by atoms with Crippen molar-refractivity contribution >= 4 is 5.91 Å². The van der Waals surface area contributed by atoms with Crippen molar-refractivity contribution < 1.29 is 4.79 Å². The zero-order chi connectivity index (χ0) is 10.6. The first kappa shape index (κ1) is 10.8. The van der Waals surface area contributed by atoms with Crippen LogP contribution in [0.3, 0.4) is 0 Å². The molecule has 0 aromatic heterocycles. The van der Waals surface area contributed by atoms with Gasteiger partial charge >= 0.3 is 0 Å². The first-order valence-electron chi connectivity index (χ1n) is 4.92. The summed E-state index contributed by atoms with van der Waals surface area (Å²) in [5.41, 5.74) is 0.944. The third-order valence-corrected chi connectivity index (χ3v) is 2.59. The lowest BCUT2D eigenvalue weighted by Gasteiger charge is -2.24. The monoisotopic (exact) mass is 191 g/mol. The summed E-state index contributed by atoms with van der Waals surface area (Å²) >= 11 is 0. The second-order valence-electron chi connectivity index (χ2n) is 3.50. The Kier molecular flexibility index (Phi) is 3.69. The molecule has 1 heterocycles. The van der Waals surface area contributed by atoms with Crippen molar-refractivity contribution in [2.45, 2.75) is 25.3 Å². The SMILES string of the molecule is C=CCCN1C(=O)CCC1C(=C)C=C. The minimum Gasteiger partial charge on any atom is -0.335 e. The number of carbonyl (C=O) groups excluding carboxylic acids is 1. The molecule has 2 heteroatoms. The van der Waals surface area contributed by atoms with Crippen molar-refractivity contribution in [3.05, 3.63) is 37.5 Å². The van der Waals surface area contributed by atoms with Gasteiger partial charge < -0.3 is 4.90 Å². The summed E-state index contributed by atoms with van der Waals surface area (Å²) in [6.07, 6.45) is 5.92. The van der Waals surface area contributed by atoms with Crippen LogP contribution in [0.5, 0.6) is 0 Å². The molecule has 0 radical (unpaired) electrons. The number of hydrogen-bond donors (Lipinski definition) is 0. The fraction of sp³-hybridized carbons (Fsp3) is 0.417. The molecule has 0 N–H and O–H groups in total. The highest BCUT2D eigenvalue weighted by Gasteiger charge is 2.30. The highest BCUT2D eigenvalue weighted by atomic mass is 16.2. The van der Waals surface area contributed by atoms with Crippen molar-refractivity contribution in [3.8, 4) is 0 Å². The van der Waals surface area contributed by atoms with Crippen molar-refractivity contribution in [2.24, 2.45) is 0 Å². The molecule has 76 valence electrons. The van der Waals surface area contributed by atoms with E-state index in [1.54, 1.807) is 6.08 Å². The minimum absolute atomic E-state index is 0.167. The van der Waals surface area contributed by atoms with Crippen LogP contribution in [0.4, 0.5) is 0 Å². The molecule has 1 amide bonds. The first-order chi connectivity index (χ1) is 6.70. The molecule has 1 unspecified atom stereocenters. The molecule has 14 heavy (non-hydrogen) atoms. The quantitative estimate of drug-likeness (QED) is 0.482. The van der Waals surface area contributed by atoms with Gasteiger partial charge in [-0.3, -0.25) is 4.79 Å². The zero-order valence-electron chi connectivity index (χ0n) is 8.54. The Morgan fingerprint density at radius 3 is 2.86 bits per heavy atom. The average Bonchev–Trinajstić information content (AvgIpc) is 2.56. The molecule has 0 spiro atoms. The molecular formula is C12H17NO. The summed E-state index contributed by atoms with van der Waals surface area (Å²) in [5.74, 6) is 0.222. The van der Waals surface area contributed by atoms with Crippen molar-refractivity contribution in [1.29, 1.82) is 0 Å². The number of carbonyl (C=O) groups is 1. The molecule has 0 bridgehead atoms. The van der Waals surface area contributed by atoms with E-state index in [0.29, 0.717) is 6.42 Å². The molecular weight excluding hydrogens is 174 g/mol. The summed E-state index contributed by atoms with van der Waals surface area (Å²) in [7, 11) is 0. The van der Waals surface area contributed by atoms with E-state index in [1.165, 1.54) is 0 Å². The summed E-state index contributed by atoms with van der Waals surface area (Å²) in [4.78, 5) is 13.4. The summed E-state index contributed by atoms with van der Waals surface area (Å²) in [5, 5.41) is 0. The van der Waals surface area contributed by atoms with Gasteiger partial charge in [-0.15, -0.1) is 6.58 Å². The van der Waals surface area contributed by atoms with Crippen molar-refractivity contribution in [1.82, 2.24) is 4.90 Å². The van der Waals surface area contributed by atoms with E-state index in [-0.39, 0.29) is 11.9 Å². The van der Waals surface area contributed by atoms with E-state index in [0.717, 1.165) is 25.0 Å². The fourth-order valence-corrected chi connectivity index (χ4v) is 1.77. The first-order valence-corrected chi connectivity index (χ1v) is 4.92. The number of rotatable bonds is 5. The maximum atomic E-state index is 11.5. The normalized spacial score (nSPS) is 21.0. The summed E-state index contributed by atoms with van der Waals surface area (Å²) < 4.78 is 0. The Hall–Kier alpha value is -1.31. The van der Waals surface area contributed by atoms with Crippen LogP contribution in [0.2, 0.25) is 0 Å². The van der Waals surface area contributed by atoms with Gasteiger partial charge in [0.2, 0.25) is 5.91 Å². The molecule has 1 saturated heterocycles. The van der Waals surface area contributed by atoms with Crippen LogP contribution in [0, 0.1) is 0 Å². The second kappa shape index (κ2) is 4.80. The van der Waals surface area contributed by atoms with Gasteiger partial charge in [0.25, 0.3) is 0 Å². The molecule has 0 aliphatic carbocycles. The van der Waals surface area contributed by atoms with Crippen LogP contribution >= 0.6 is 0 Å². The van der Waals surface area contributed by atoms with E-state index in [1.807, 2.05) is 11.0 Å². The maximum absolute atomic E-state index is 11.5. The number of hydrogen-bond acceptors (Lipinski definition) is 1. The number of likely N-dealkylation sites (tertiary alicyclic amines) is 1. The molecule has 1 aliphatic rings. The van der Waals surface area contributed by atoms with Crippen LogP contribution in [0.15, 0.2) is 37.5 Å². The summed E-state index contributed by atoms with van der Waals surface area (Å²) in [6, 6.07) is 0.167. The number of amides is 1. The molecule has 1 aliphatic heterocycles. The smallest absolute Gasteiger partial charge is 0.223 e. The van der Waals surface area contributed by atoms with E-state index >= 15 is 0 Å². The van der Waals surface area contributed by atoms with Crippen LogP contribution in [0.25, 0.3) is 0 Å². The third-order valence-electron chi connectivity index (χ3n) is 2.59. The average molecular weight is 191 g/mol. The van der Waals surface area contributed by atoms with Gasteiger partial charge in [0, 0.05) is 13.0 Å². The lowest BCUT2D eigenvalue weighted by atomic mass is 10.1. The van der Waals surface area contributed by atoms with Gasteiger partial charge in [-0.2, -0.15) is 0 Å². The van der Waals surface area contributed by atoms with Crippen LogP contribution in [0.1, 0.15) is 19.3 Å². The predicted octanol–water partition coefficient (Wildman–Crippen LogP) is 2.30. The van der Waals surface area contributed by atoms with E-state index in [9.17, 15) is 4.79 Å². The third kappa shape index (κ3) is 2.13. The second-order valence-corrected chi connectivity index (χ2v) is 3.50. The zero-order valence-corrected chi connectivity index (χ0v) is 8.54. The Morgan fingerprint density at radius 1 is 1.57 bits per heavy atom. The van der Waals surface area contributed by atoms with E-state index in [4.69, 9.17) is 0 Å². The van der Waals surface area contributed by atoms with E-state index < -0.39 is 0 Å². The maximum Gasteiger partial charge on any atom is 0.223 e. The molecule has 0 saturated carbocycles. The largest absolute Gasteiger partial charge is 0.335 e. The molecule has 1 rings (SSSR count). The minimum atomic E-state index is 0.167. The Bertz CT molecular complexity index is 267. The summed E-state index contributed by atoms with van der Waals surface area (Å²) in [6.45, 7) is 12.0. The highest BCUT2D eigenvalue weighted by Crippen LogP contribution is 2.24. The Balaban J connectivity index is 2.65. The van der Waals surface area contributed by atoms with Crippen LogP contribution in [-0.4, -0.2) is 23.4 Å². The van der Waals surface area contributed by atoms with Gasteiger partial charge in [-0.1, -0.05) is 25.3 Å². The Morgan fingerprint density at radius 2 is 2.29 bits per heavy atom. The van der Waals surface area contributed by atoms with Crippen LogP contribution < -0.4 is 0 Å². The molecule has 1 fully saturated rings. The van der Waals surface area contributed by atoms with Gasteiger partial charge in [0.05, 0.1) is 6.04 Å². The molecule has 1 atom stereocenters. The van der Waals surface area contributed by atoms with Crippen LogP contribution in [-0.2, 0) is 4.79 Å². The van der Waals surface area contributed by atoms with Gasteiger partial charge in [-0.05, 0) is 18.4 Å². The standard InChI is InChI=1S/C12H17NO/c1-4-6-9-13-11(10(3)5-2)7-8-12(13)14/h4-5,11H,1-3,6-9H2. The van der Waals surface area contributed by atoms with Gasteiger partial charge in [0.15, 0.2) is 0 Å². The van der Waals surface area contributed by atoms with Crippen molar-refractivity contribution in [2.75, 3.05) is 6.54 Å². The molecule has 0 aromatic rings. The van der Waals surface area contributed by atoms with E-state index in [2.05, 4.69) is 19.7 Å². The fourth-order valence-electron chi connectivity index (χ4n) is 1.77.